The van der Waals surface area contributed by atoms with Gasteiger partial charge in [0.25, 0.3) is 0 Å². The minimum Gasteiger partial charge on any atom is -0.310 e. The summed E-state index contributed by atoms with van der Waals surface area (Å²) >= 11 is 14.1. The first kappa shape index (κ1) is 17.2. The molecule has 0 aliphatic rings. The van der Waals surface area contributed by atoms with Gasteiger partial charge in [-0.15, -0.1) is 0 Å². The SMILES string of the molecule is CSCCCCCCNC(C)c1cc(Cl)ccc1Cl. The van der Waals surface area contributed by atoms with Gasteiger partial charge in [0, 0.05) is 16.1 Å². The Morgan fingerprint density at radius 1 is 1.16 bits per heavy atom. The van der Waals surface area contributed by atoms with Gasteiger partial charge >= 0.3 is 0 Å². The number of thioether (sulfide) groups is 1. The number of unbranched alkanes of at least 4 members (excludes halogenated alkanes) is 3. The molecule has 0 saturated heterocycles. The van der Waals surface area contributed by atoms with E-state index in [1.54, 1.807) is 0 Å². The van der Waals surface area contributed by atoms with Crippen molar-refractivity contribution >= 4 is 35.0 Å². The fourth-order valence-corrected chi connectivity index (χ4v) is 2.95. The van der Waals surface area contributed by atoms with Crippen LogP contribution in [0.4, 0.5) is 0 Å². The van der Waals surface area contributed by atoms with Gasteiger partial charge in [0.2, 0.25) is 0 Å². The normalized spacial score (nSPS) is 12.6. The summed E-state index contributed by atoms with van der Waals surface area (Å²) < 4.78 is 0. The number of benzene rings is 1. The zero-order valence-electron chi connectivity index (χ0n) is 11.7. The molecular formula is C15H23Cl2NS. The summed E-state index contributed by atoms with van der Waals surface area (Å²) in [5.74, 6) is 1.28. The molecule has 19 heavy (non-hydrogen) atoms. The Bertz CT molecular complexity index is 371. The molecule has 1 aromatic carbocycles. The summed E-state index contributed by atoms with van der Waals surface area (Å²) in [5.41, 5.74) is 1.08. The van der Waals surface area contributed by atoms with E-state index < -0.39 is 0 Å². The Kier molecular flexibility index (Phi) is 8.97. The highest BCUT2D eigenvalue weighted by Gasteiger charge is 2.09. The van der Waals surface area contributed by atoms with E-state index in [0.29, 0.717) is 0 Å². The van der Waals surface area contributed by atoms with Crippen molar-refractivity contribution in [2.24, 2.45) is 0 Å². The van der Waals surface area contributed by atoms with Gasteiger partial charge in [-0.3, -0.25) is 0 Å². The van der Waals surface area contributed by atoms with Gasteiger partial charge in [-0.25, -0.2) is 0 Å². The maximum absolute atomic E-state index is 6.19. The standard InChI is InChI=1S/C15H23Cl2NS/c1-12(14-11-13(16)7-8-15(14)17)18-9-5-3-4-6-10-19-2/h7-8,11-12,18H,3-6,9-10H2,1-2H3. The molecule has 0 bridgehead atoms. The van der Waals surface area contributed by atoms with Crippen molar-refractivity contribution in [2.45, 2.75) is 38.6 Å². The summed E-state index contributed by atoms with van der Waals surface area (Å²) in [6.45, 7) is 3.16. The molecule has 1 aromatic rings. The first-order chi connectivity index (χ1) is 9.15. The molecule has 1 rings (SSSR count). The molecular weight excluding hydrogens is 297 g/mol. The fraction of sp³-hybridized carbons (Fsp3) is 0.600. The van der Waals surface area contributed by atoms with Gasteiger partial charge in [-0.1, -0.05) is 36.0 Å². The molecule has 0 amide bonds. The van der Waals surface area contributed by atoms with Gasteiger partial charge in [-0.2, -0.15) is 11.8 Å². The molecule has 0 radical (unpaired) electrons. The molecule has 0 aromatic heterocycles. The Morgan fingerprint density at radius 3 is 2.63 bits per heavy atom. The van der Waals surface area contributed by atoms with Crippen LogP contribution in [0.25, 0.3) is 0 Å². The molecule has 1 atom stereocenters. The fourth-order valence-electron chi connectivity index (χ4n) is 2.00. The average Bonchev–Trinajstić information content (AvgIpc) is 2.40. The van der Waals surface area contributed by atoms with Crippen LogP contribution in [0.1, 0.15) is 44.2 Å². The van der Waals surface area contributed by atoms with E-state index in [9.17, 15) is 0 Å². The molecule has 0 saturated carbocycles. The second-order valence-electron chi connectivity index (χ2n) is 4.75. The van der Waals surface area contributed by atoms with E-state index in [4.69, 9.17) is 23.2 Å². The molecule has 1 nitrogen and oxygen atoms in total. The van der Waals surface area contributed by atoms with E-state index in [2.05, 4.69) is 18.5 Å². The monoisotopic (exact) mass is 319 g/mol. The quantitative estimate of drug-likeness (QED) is 0.597. The highest BCUT2D eigenvalue weighted by molar-refractivity contribution is 7.98. The molecule has 4 heteroatoms. The highest BCUT2D eigenvalue weighted by Crippen LogP contribution is 2.26. The van der Waals surface area contributed by atoms with Crippen molar-refractivity contribution < 1.29 is 0 Å². The van der Waals surface area contributed by atoms with Crippen LogP contribution in [0, 0.1) is 0 Å². The first-order valence-electron chi connectivity index (χ1n) is 6.82. The molecule has 1 N–H and O–H groups in total. The Labute approximate surface area is 131 Å². The summed E-state index contributed by atoms with van der Waals surface area (Å²) in [6, 6.07) is 5.88. The molecule has 0 spiro atoms. The zero-order chi connectivity index (χ0) is 14.1. The van der Waals surface area contributed by atoms with Crippen molar-refractivity contribution in [1.82, 2.24) is 5.32 Å². The van der Waals surface area contributed by atoms with Gasteiger partial charge in [0.1, 0.15) is 0 Å². The van der Waals surface area contributed by atoms with Crippen molar-refractivity contribution in [3.8, 4) is 0 Å². The predicted molar refractivity (Wildman–Crippen MR) is 89.7 cm³/mol. The minimum atomic E-state index is 0.248. The van der Waals surface area contributed by atoms with Gasteiger partial charge in [-0.05, 0) is 62.1 Å². The van der Waals surface area contributed by atoms with Crippen molar-refractivity contribution in [3.63, 3.8) is 0 Å². The second kappa shape index (κ2) is 9.93. The Hall–Kier alpha value is 0.110. The number of hydrogen-bond acceptors (Lipinski definition) is 2. The number of rotatable bonds is 9. The third-order valence-electron chi connectivity index (χ3n) is 3.15. The van der Waals surface area contributed by atoms with Gasteiger partial charge < -0.3 is 5.32 Å². The lowest BCUT2D eigenvalue weighted by Crippen LogP contribution is -2.20. The van der Waals surface area contributed by atoms with Crippen LogP contribution in [0.3, 0.4) is 0 Å². The van der Waals surface area contributed by atoms with E-state index in [1.807, 2.05) is 30.0 Å². The van der Waals surface area contributed by atoms with Crippen LogP contribution in [0.2, 0.25) is 10.0 Å². The van der Waals surface area contributed by atoms with Crippen molar-refractivity contribution in [3.05, 3.63) is 33.8 Å². The predicted octanol–water partition coefficient (Wildman–Crippen LogP) is 5.57. The van der Waals surface area contributed by atoms with Crippen LogP contribution in [-0.4, -0.2) is 18.6 Å². The zero-order valence-corrected chi connectivity index (χ0v) is 14.0. The lowest BCUT2D eigenvalue weighted by atomic mass is 10.1. The third kappa shape index (κ3) is 6.89. The summed E-state index contributed by atoms with van der Waals surface area (Å²) in [6.07, 6.45) is 7.34. The summed E-state index contributed by atoms with van der Waals surface area (Å²) in [4.78, 5) is 0. The maximum Gasteiger partial charge on any atom is 0.0454 e. The Morgan fingerprint density at radius 2 is 1.89 bits per heavy atom. The van der Waals surface area contributed by atoms with Gasteiger partial charge in [0.05, 0.1) is 0 Å². The lowest BCUT2D eigenvalue weighted by molar-refractivity contribution is 0.537. The minimum absolute atomic E-state index is 0.248. The topological polar surface area (TPSA) is 12.0 Å². The van der Waals surface area contributed by atoms with E-state index in [0.717, 1.165) is 22.2 Å². The molecule has 1 unspecified atom stereocenters. The molecule has 0 heterocycles. The molecule has 0 fully saturated rings. The van der Waals surface area contributed by atoms with Crippen LogP contribution < -0.4 is 5.32 Å². The molecule has 108 valence electrons. The van der Waals surface area contributed by atoms with E-state index >= 15 is 0 Å². The summed E-state index contributed by atoms with van der Waals surface area (Å²) in [5, 5.41) is 5.03. The largest absolute Gasteiger partial charge is 0.310 e. The van der Waals surface area contributed by atoms with Crippen molar-refractivity contribution in [1.29, 1.82) is 0 Å². The van der Waals surface area contributed by atoms with Crippen LogP contribution in [0.5, 0.6) is 0 Å². The van der Waals surface area contributed by atoms with Crippen LogP contribution >= 0.6 is 35.0 Å². The van der Waals surface area contributed by atoms with Gasteiger partial charge in [0.15, 0.2) is 0 Å². The lowest BCUT2D eigenvalue weighted by Gasteiger charge is -2.16. The maximum atomic E-state index is 6.19. The summed E-state index contributed by atoms with van der Waals surface area (Å²) in [7, 11) is 0. The molecule has 0 aliphatic carbocycles. The van der Waals surface area contributed by atoms with E-state index in [-0.39, 0.29) is 6.04 Å². The van der Waals surface area contributed by atoms with Crippen molar-refractivity contribution in [2.75, 3.05) is 18.6 Å². The van der Waals surface area contributed by atoms with E-state index in [1.165, 1.54) is 31.4 Å². The molecule has 0 aliphatic heterocycles. The first-order valence-corrected chi connectivity index (χ1v) is 8.97. The average molecular weight is 320 g/mol. The number of halogens is 2. The number of nitrogens with one attached hydrogen (secondary N) is 1. The number of hydrogen-bond donors (Lipinski definition) is 1. The Balaban J connectivity index is 2.23. The smallest absolute Gasteiger partial charge is 0.0454 e. The van der Waals surface area contributed by atoms with Crippen LogP contribution in [-0.2, 0) is 0 Å². The third-order valence-corrected chi connectivity index (χ3v) is 4.43. The second-order valence-corrected chi connectivity index (χ2v) is 6.58. The van der Waals surface area contributed by atoms with Crippen LogP contribution in [0.15, 0.2) is 18.2 Å². The highest BCUT2D eigenvalue weighted by atomic mass is 35.5.